The van der Waals surface area contributed by atoms with E-state index in [1.54, 1.807) is 0 Å². The molecule has 0 unspecified atom stereocenters. The number of carbonyl (C=O) groups is 2. The third kappa shape index (κ3) is 3.56. The molecule has 2 aliphatic heterocycles. The van der Waals surface area contributed by atoms with Gasteiger partial charge in [-0.1, -0.05) is 36.4 Å². The van der Waals surface area contributed by atoms with Gasteiger partial charge in [0.2, 0.25) is 5.91 Å². The molecule has 2 amide bonds. The first-order valence-electron chi connectivity index (χ1n) is 11.5. The highest BCUT2D eigenvalue weighted by Gasteiger charge is 2.37. The van der Waals surface area contributed by atoms with Crippen molar-refractivity contribution in [1.82, 2.24) is 14.4 Å². The number of hydrazone groups is 1. The minimum atomic E-state index is -3.19. The van der Waals surface area contributed by atoms with Crippen molar-refractivity contribution < 1.29 is 18.0 Å². The van der Waals surface area contributed by atoms with E-state index in [4.69, 9.17) is 4.98 Å². The summed E-state index contributed by atoms with van der Waals surface area (Å²) in [6.07, 6.45) is 0.650. The van der Waals surface area contributed by atoms with Crippen LogP contribution in [0.15, 0.2) is 53.6 Å². The summed E-state index contributed by atoms with van der Waals surface area (Å²) in [6, 6.07) is 15.1. The van der Waals surface area contributed by atoms with E-state index in [0.717, 1.165) is 33.1 Å². The molecule has 0 bridgehead atoms. The Balaban J connectivity index is 1.45. The fourth-order valence-electron chi connectivity index (χ4n) is 5.13. The summed E-state index contributed by atoms with van der Waals surface area (Å²) in [7, 11) is -3.19. The van der Waals surface area contributed by atoms with Crippen LogP contribution in [0.4, 0.5) is 5.69 Å². The number of sulfone groups is 1. The molecule has 35 heavy (non-hydrogen) atoms. The van der Waals surface area contributed by atoms with E-state index in [9.17, 15) is 18.0 Å². The summed E-state index contributed by atoms with van der Waals surface area (Å²) < 4.78 is 25.9. The summed E-state index contributed by atoms with van der Waals surface area (Å²) in [5.74, 6) is 0.0483. The molecule has 9 nitrogen and oxygen atoms in total. The van der Waals surface area contributed by atoms with Gasteiger partial charge in [-0.25, -0.2) is 18.4 Å². The van der Waals surface area contributed by atoms with Gasteiger partial charge in [0, 0.05) is 23.6 Å². The molecule has 0 saturated carbocycles. The second-order valence-electron chi connectivity index (χ2n) is 9.05. The Morgan fingerprint density at radius 2 is 1.80 bits per heavy atom. The van der Waals surface area contributed by atoms with Gasteiger partial charge in [0.1, 0.15) is 11.5 Å². The molecule has 2 aromatic heterocycles. The number of carbonyl (C=O) groups excluding carboxylic acids is 2. The molecule has 1 fully saturated rings. The maximum Gasteiger partial charge on any atom is 0.271 e. The smallest absolute Gasteiger partial charge is 0.271 e. The maximum absolute atomic E-state index is 13.4. The average molecular weight is 490 g/mol. The molecule has 1 N–H and O–H groups in total. The van der Waals surface area contributed by atoms with Crippen molar-refractivity contribution in [2.75, 3.05) is 16.8 Å². The number of para-hydroxylation sites is 2. The van der Waals surface area contributed by atoms with Gasteiger partial charge in [0.05, 0.1) is 39.8 Å². The molecule has 1 saturated heterocycles. The molecule has 2 aliphatic rings. The first kappa shape index (κ1) is 21.7. The maximum atomic E-state index is 13.4. The highest BCUT2D eigenvalue weighted by atomic mass is 32.2. The second kappa shape index (κ2) is 7.88. The molecule has 178 valence electrons. The number of nitrogens with one attached hydrogen (secondary N) is 1. The van der Waals surface area contributed by atoms with Crippen LogP contribution in [0.1, 0.15) is 25.1 Å². The molecule has 0 radical (unpaired) electrons. The molecule has 2 aromatic carbocycles. The van der Waals surface area contributed by atoms with Gasteiger partial charge in [-0.3, -0.25) is 14.0 Å². The number of hydrogen-bond donors (Lipinski definition) is 1. The zero-order chi connectivity index (χ0) is 24.3. The third-order valence-electron chi connectivity index (χ3n) is 6.75. The lowest BCUT2D eigenvalue weighted by atomic mass is 10.1. The molecule has 1 atom stereocenters. The highest BCUT2D eigenvalue weighted by Crippen LogP contribution is 2.36. The van der Waals surface area contributed by atoms with Crippen LogP contribution in [-0.2, 0) is 19.4 Å². The minimum absolute atomic E-state index is 0.0294. The fraction of sp³-hybridized carbons (Fsp3) is 0.280. The van der Waals surface area contributed by atoms with Gasteiger partial charge >= 0.3 is 0 Å². The van der Waals surface area contributed by atoms with Crippen molar-refractivity contribution in [2.24, 2.45) is 5.10 Å². The summed E-state index contributed by atoms with van der Waals surface area (Å²) in [5.41, 5.74) is 3.46. The predicted molar refractivity (Wildman–Crippen MR) is 134 cm³/mol. The van der Waals surface area contributed by atoms with Crippen molar-refractivity contribution >= 4 is 60.4 Å². The van der Waals surface area contributed by atoms with Crippen molar-refractivity contribution in [1.29, 1.82) is 0 Å². The summed E-state index contributed by atoms with van der Waals surface area (Å²) in [5, 5.41) is 10.4. The van der Waals surface area contributed by atoms with Crippen molar-refractivity contribution in [3.8, 4) is 0 Å². The van der Waals surface area contributed by atoms with Crippen LogP contribution in [0.3, 0.4) is 0 Å². The number of benzene rings is 2. The van der Waals surface area contributed by atoms with Crippen LogP contribution in [0.5, 0.6) is 0 Å². The lowest BCUT2D eigenvalue weighted by Gasteiger charge is -2.27. The van der Waals surface area contributed by atoms with Crippen LogP contribution in [0, 0.1) is 6.92 Å². The number of aromatic nitrogens is 2. The minimum Gasteiger partial charge on any atom is -0.318 e. The first-order chi connectivity index (χ1) is 16.8. The Hall–Kier alpha value is -3.79. The van der Waals surface area contributed by atoms with Crippen molar-refractivity contribution in [3.05, 3.63) is 54.4 Å². The summed E-state index contributed by atoms with van der Waals surface area (Å²) in [6.45, 7) is 1.93. The highest BCUT2D eigenvalue weighted by molar-refractivity contribution is 7.91. The number of aryl methyl sites for hydroxylation is 1. The van der Waals surface area contributed by atoms with Crippen LogP contribution < -0.4 is 5.32 Å². The van der Waals surface area contributed by atoms with Gasteiger partial charge < -0.3 is 5.32 Å². The van der Waals surface area contributed by atoms with Crippen LogP contribution in [-0.4, -0.2) is 57.9 Å². The number of amides is 2. The molecular formula is C25H23N5O4S. The van der Waals surface area contributed by atoms with E-state index >= 15 is 0 Å². The van der Waals surface area contributed by atoms with E-state index in [2.05, 4.69) is 10.4 Å². The van der Waals surface area contributed by atoms with Crippen LogP contribution >= 0.6 is 0 Å². The van der Waals surface area contributed by atoms with Gasteiger partial charge in [0.15, 0.2) is 9.84 Å². The van der Waals surface area contributed by atoms with Crippen LogP contribution in [0.25, 0.3) is 27.3 Å². The number of nitrogens with zero attached hydrogens (tertiary/aromatic N) is 4. The SMILES string of the molecule is Cc1nc2ccccc2c2c(NC(=O)C3=NN([C@@H]4CCS(=O)(=O)C4)C(=O)CC3)c3ccccc3n12. The van der Waals surface area contributed by atoms with E-state index in [0.29, 0.717) is 12.1 Å². The largest absolute Gasteiger partial charge is 0.318 e. The van der Waals surface area contributed by atoms with Gasteiger partial charge in [-0.15, -0.1) is 0 Å². The lowest BCUT2D eigenvalue weighted by Crippen LogP contribution is -2.42. The van der Waals surface area contributed by atoms with Gasteiger partial charge in [0.25, 0.3) is 5.91 Å². The quantitative estimate of drug-likeness (QED) is 0.475. The summed E-state index contributed by atoms with van der Waals surface area (Å²) >= 11 is 0. The first-order valence-corrected chi connectivity index (χ1v) is 13.3. The topological polar surface area (TPSA) is 113 Å². The zero-order valence-corrected chi connectivity index (χ0v) is 19.9. The Labute approximate surface area is 201 Å². The Morgan fingerprint density at radius 3 is 2.57 bits per heavy atom. The predicted octanol–water partition coefficient (Wildman–Crippen LogP) is 3.05. The van der Waals surface area contributed by atoms with Gasteiger partial charge in [-0.2, -0.15) is 5.10 Å². The third-order valence-corrected chi connectivity index (χ3v) is 8.50. The monoisotopic (exact) mass is 489 g/mol. The molecule has 6 rings (SSSR count). The standard InChI is InChI=1S/C25H23N5O4S/c1-15-26-19-8-4-2-6-17(19)24-23(18-7-3-5-9-21(18)29(15)24)27-25(32)20-10-11-22(31)30(28-20)16-12-13-35(33,34)14-16/h2-9,16H,10-14H2,1H3,(H,27,32)/t16-/m1/s1. The second-order valence-corrected chi connectivity index (χ2v) is 11.3. The molecule has 4 aromatic rings. The average Bonchev–Trinajstić information content (AvgIpc) is 3.37. The van der Waals surface area contributed by atoms with E-state index < -0.39 is 21.8 Å². The van der Waals surface area contributed by atoms with E-state index in [1.165, 1.54) is 5.01 Å². The molecular weight excluding hydrogens is 466 g/mol. The number of fused-ring (bicyclic) bond motifs is 5. The van der Waals surface area contributed by atoms with E-state index in [1.807, 2.05) is 59.9 Å². The van der Waals surface area contributed by atoms with Gasteiger partial charge in [-0.05, 0) is 25.5 Å². The molecule has 10 heteroatoms. The Kier molecular flexibility index (Phi) is 4.89. The molecule has 4 heterocycles. The van der Waals surface area contributed by atoms with E-state index in [-0.39, 0.29) is 36.0 Å². The Morgan fingerprint density at radius 1 is 1.06 bits per heavy atom. The number of hydrogen-bond acceptors (Lipinski definition) is 6. The Bertz CT molecular complexity index is 1690. The van der Waals surface area contributed by atoms with Crippen molar-refractivity contribution in [2.45, 2.75) is 32.2 Å². The van der Waals surface area contributed by atoms with Crippen LogP contribution in [0.2, 0.25) is 0 Å². The molecule has 0 spiro atoms. The number of rotatable bonds is 3. The summed E-state index contributed by atoms with van der Waals surface area (Å²) in [4.78, 5) is 30.7. The lowest BCUT2D eigenvalue weighted by molar-refractivity contribution is -0.133. The normalized spacial score (nSPS) is 20.0. The van der Waals surface area contributed by atoms with Crippen molar-refractivity contribution in [3.63, 3.8) is 0 Å². The molecule has 0 aliphatic carbocycles. The fourth-order valence-corrected chi connectivity index (χ4v) is 6.82. The number of anilines is 1. The zero-order valence-electron chi connectivity index (χ0n) is 19.1.